The first kappa shape index (κ1) is 19.2. The zero-order valence-electron chi connectivity index (χ0n) is 17.5. The molecule has 1 aliphatic rings. The molecule has 2 aromatic carbocycles. The highest BCUT2D eigenvalue weighted by Gasteiger charge is 2.24. The van der Waals surface area contributed by atoms with Gasteiger partial charge in [0.2, 0.25) is 12.7 Å². The van der Waals surface area contributed by atoms with Gasteiger partial charge in [0.05, 0.1) is 5.69 Å². The first-order chi connectivity index (χ1) is 15.1. The fourth-order valence-electron chi connectivity index (χ4n) is 3.95. The van der Waals surface area contributed by atoms with Gasteiger partial charge in [0.25, 0.3) is 0 Å². The number of rotatable bonds is 5. The Balaban J connectivity index is 1.49. The Morgan fingerprint density at radius 2 is 1.94 bits per heavy atom. The summed E-state index contributed by atoms with van der Waals surface area (Å²) >= 11 is 0. The number of imidazole rings is 1. The van der Waals surface area contributed by atoms with Crippen LogP contribution in [0, 0.1) is 13.8 Å². The monoisotopic (exact) mass is 413 g/mol. The number of amides is 1. The molecule has 2 aromatic heterocycles. The first-order valence-electron chi connectivity index (χ1n) is 10.3. The van der Waals surface area contributed by atoms with Gasteiger partial charge in [0.1, 0.15) is 5.65 Å². The Bertz CT molecular complexity index is 1280. The van der Waals surface area contributed by atoms with Crippen LogP contribution in [0.2, 0.25) is 0 Å². The molecule has 1 N–H and O–H groups in total. The molecule has 0 spiro atoms. The molecular formula is C25H23N3O3. The fraction of sp³-hybridized carbons (Fsp3) is 0.200. The number of hydrogen-bond donors (Lipinski definition) is 1. The summed E-state index contributed by atoms with van der Waals surface area (Å²) in [5.41, 5.74) is 5.91. The van der Waals surface area contributed by atoms with E-state index in [1.165, 1.54) is 5.56 Å². The summed E-state index contributed by atoms with van der Waals surface area (Å²) in [6.45, 7) is 4.31. The molecule has 156 valence electrons. The lowest BCUT2D eigenvalue weighted by atomic mass is 9.92. The summed E-state index contributed by atoms with van der Waals surface area (Å²) in [5, 5.41) is 3.05. The Labute approximate surface area is 180 Å². The maximum atomic E-state index is 13.1. The summed E-state index contributed by atoms with van der Waals surface area (Å²) in [6, 6.07) is 17.7. The molecule has 6 nitrogen and oxygen atoms in total. The number of pyridine rings is 1. The topological polar surface area (TPSA) is 64.9 Å². The van der Waals surface area contributed by atoms with Crippen molar-refractivity contribution in [1.82, 2.24) is 9.38 Å². The number of aryl methyl sites for hydroxylation is 2. The van der Waals surface area contributed by atoms with E-state index in [4.69, 9.17) is 9.47 Å². The minimum atomic E-state index is -0.196. The largest absolute Gasteiger partial charge is 0.454 e. The van der Waals surface area contributed by atoms with Gasteiger partial charge in [-0.1, -0.05) is 18.2 Å². The van der Waals surface area contributed by atoms with Crippen molar-refractivity contribution >= 4 is 17.2 Å². The maximum absolute atomic E-state index is 13.1. The Morgan fingerprint density at radius 1 is 1.06 bits per heavy atom. The predicted octanol–water partition coefficient (Wildman–Crippen LogP) is 4.84. The molecule has 0 radical (unpaired) electrons. The number of nitrogens with zero attached hydrogens (tertiary/aromatic N) is 2. The van der Waals surface area contributed by atoms with Crippen LogP contribution in [0.4, 0.5) is 5.69 Å². The van der Waals surface area contributed by atoms with Gasteiger partial charge in [-0.05, 0) is 66.9 Å². The predicted molar refractivity (Wildman–Crippen MR) is 119 cm³/mol. The number of carbonyl (C=O) groups excluding carboxylic acids is 1. The van der Waals surface area contributed by atoms with Crippen LogP contribution < -0.4 is 14.8 Å². The number of ether oxygens (including phenoxy) is 2. The van der Waals surface area contributed by atoms with Gasteiger partial charge in [0.15, 0.2) is 11.5 Å². The van der Waals surface area contributed by atoms with Crippen LogP contribution >= 0.6 is 0 Å². The highest BCUT2D eigenvalue weighted by atomic mass is 16.7. The van der Waals surface area contributed by atoms with Gasteiger partial charge in [0, 0.05) is 30.4 Å². The third kappa shape index (κ3) is 3.72. The maximum Gasteiger partial charge on any atom is 0.231 e. The lowest BCUT2D eigenvalue weighted by Gasteiger charge is -2.18. The van der Waals surface area contributed by atoms with Gasteiger partial charge >= 0.3 is 0 Å². The van der Waals surface area contributed by atoms with E-state index in [9.17, 15) is 4.79 Å². The van der Waals surface area contributed by atoms with Crippen LogP contribution in [0.1, 0.15) is 34.7 Å². The Hall–Kier alpha value is -3.80. The molecule has 31 heavy (non-hydrogen) atoms. The lowest BCUT2D eigenvalue weighted by Crippen LogP contribution is -2.17. The van der Waals surface area contributed by atoms with Gasteiger partial charge in [-0.25, -0.2) is 4.98 Å². The number of fused-ring (bicyclic) bond motifs is 2. The molecule has 0 saturated carbocycles. The number of carbonyl (C=O) groups is 1. The Kier molecular flexibility index (Phi) is 4.82. The molecule has 1 unspecified atom stereocenters. The second-order valence-electron chi connectivity index (χ2n) is 7.83. The van der Waals surface area contributed by atoms with E-state index in [1.54, 1.807) is 0 Å². The van der Waals surface area contributed by atoms with Gasteiger partial charge in [-0.15, -0.1) is 0 Å². The van der Waals surface area contributed by atoms with Crippen LogP contribution in [0.3, 0.4) is 0 Å². The van der Waals surface area contributed by atoms with Crippen LogP contribution in [0.25, 0.3) is 5.65 Å². The van der Waals surface area contributed by atoms with Crippen LogP contribution in [-0.2, 0) is 4.79 Å². The minimum absolute atomic E-state index is 0.0585. The summed E-state index contributed by atoms with van der Waals surface area (Å²) in [6.07, 6.45) is 4.09. The van der Waals surface area contributed by atoms with Gasteiger partial charge in [-0.3, -0.25) is 4.79 Å². The van der Waals surface area contributed by atoms with Crippen LogP contribution in [0.15, 0.2) is 67.0 Å². The summed E-state index contributed by atoms with van der Waals surface area (Å²) < 4.78 is 13.1. The summed E-state index contributed by atoms with van der Waals surface area (Å²) in [5.74, 6) is 1.17. The molecule has 0 aliphatic carbocycles. The number of nitrogens with one attached hydrogen (secondary N) is 1. The van der Waals surface area contributed by atoms with Crippen LogP contribution in [0.5, 0.6) is 11.5 Å². The molecule has 4 aromatic rings. The molecule has 0 fully saturated rings. The minimum Gasteiger partial charge on any atom is -0.454 e. The highest BCUT2D eigenvalue weighted by Crippen LogP contribution is 2.38. The van der Waals surface area contributed by atoms with Gasteiger partial charge < -0.3 is 19.2 Å². The normalized spacial score (nSPS) is 13.4. The lowest BCUT2D eigenvalue weighted by molar-refractivity contribution is -0.116. The van der Waals surface area contributed by atoms with Crippen molar-refractivity contribution in [2.75, 3.05) is 12.1 Å². The fourth-order valence-corrected chi connectivity index (χ4v) is 3.95. The molecule has 1 atom stereocenters. The average molecular weight is 413 g/mol. The molecular weight excluding hydrogens is 390 g/mol. The molecule has 3 heterocycles. The number of aromatic nitrogens is 2. The quantitative estimate of drug-likeness (QED) is 0.508. The molecule has 1 aliphatic heterocycles. The van der Waals surface area contributed by atoms with Crippen molar-refractivity contribution in [2.24, 2.45) is 0 Å². The van der Waals surface area contributed by atoms with E-state index in [-0.39, 0.29) is 25.0 Å². The second-order valence-corrected chi connectivity index (χ2v) is 7.83. The summed E-state index contributed by atoms with van der Waals surface area (Å²) in [7, 11) is 0. The zero-order valence-corrected chi connectivity index (χ0v) is 17.5. The number of benzene rings is 2. The van der Waals surface area contributed by atoms with Crippen molar-refractivity contribution < 1.29 is 14.3 Å². The third-order valence-corrected chi connectivity index (χ3v) is 5.78. The second kappa shape index (κ2) is 7.80. The van der Waals surface area contributed by atoms with Crippen molar-refractivity contribution in [3.63, 3.8) is 0 Å². The van der Waals surface area contributed by atoms with E-state index in [1.807, 2.05) is 78.3 Å². The average Bonchev–Trinajstić information content (AvgIpc) is 3.41. The summed E-state index contributed by atoms with van der Waals surface area (Å²) in [4.78, 5) is 17.6. The van der Waals surface area contributed by atoms with Crippen molar-refractivity contribution in [1.29, 1.82) is 0 Å². The van der Waals surface area contributed by atoms with E-state index < -0.39 is 0 Å². The van der Waals surface area contributed by atoms with Gasteiger partial charge in [-0.2, -0.15) is 0 Å². The number of anilines is 1. The number of hydrogen-bond acceptors (Lipinski definition) is 4. The molecule has 0 bridgehead atoms. The van der Waals surface area contributed by atoms with E-state index >= 15 is 0 Å². The van der Waals surface area contributed by atoms with Crippen molar-refractivity contribution in [3.05, 3.63) is 89.4 Å². The first-order valence-corrected chi connectivity index (χ1v) is 10.3. The van der Waals surface area contributed by atoms with Crippen molar-refractivity contribution in [2.45, 2.75) is 26.2 Å². The highest BCUT2D eigenvalue weighted by molar-refractivity contribution is 5.91. The molecule has 1 amide bonds. The SMILES string of the molecule is Cc1ccc(NC(=O)CC(c2ccc3c(c2)OCO3)c2cnc3ccccn23)cc1C. The smallest absolute Gasteiger partial charge is 0.231 e. The third-order valence-electron chi connectivity index (χ3n) is 5.78. The standard InChI is InChI=1S/C25H23N3O3/c1-16-6-8-19(11-17(16)2)27-25(29)13-20(18-7-9-22-23(12-18)31-15-30-22)21-14-26-24-5-3-4-10-28(21)24/h3-12,14,20H,13,15H2,1-2H3,(H,27,29). The zero-order chi connectivity index (χ0) is 21.4. The van der Waals surface area contributed by atoms with E-state index in [2.05, 4.69) is 17.2 Å². The van der Waals surface area contributed by atoms with E-state index in [0.717, 1.165) is 33.9 Å². The molecule has 5 rings (SSSR count). The van der Waals surface area contributed by atoms with E-state index in [0.29, 0.717) is 5.75 Å². The van der Waals surface area contributed by atoms with Crippen LogP contribution in [-0.4, -0.2) is 22.1 Å². The van der Waals surface area contributed by atoms with Crippen molar-refractivity contribution in [3.8, 4) is 11.5 Å². The molecule has 6 heteroatoms. The molecule has 0 saturated heterocycles. The Morgan fingerprint density at radius 3 is 2.81 bits per heavy atom.